The van der Waals surface area contributed by atoms with Crippen molar-refractivity contribution >= 4 is 11.6 Å². The molecule has 0 aromatic heterocycles. The Morgan fingerprint density at radius 3 is 2.40 bits per heavy atom. The van der Waals surface area contributed by atoms with E-state index in [9.17, 15) is 4.79 Å². The summed E-state index contributed by atoms with van der Waals surface area (Å²) in [5.41, 5.74) is 6.16. The van der Waals surface area contributed by atoms with E-state index in [0.717, 1.165) is 0 Å². The maximum atomic E-state index is 11.2. The van der Waals surface area contributed by atoms with Crippen LogP contribution >= 0.6 is 0 Å². The molecule has 5 nitrogen and oxygen atoms in total. The third-order valence-electron chi connectivity index (χ3n) is 2.05. The molecule has 0 saturated heterocycles. The Morgan fingerprint density at radius 2 is 2.00 bits per heavy atom. The van der Waals surface area contributed by atoms with E-state index in [1.165, 1.54) is 14.2 Å². The van der Waals surface area contributed by atoms with Gasteiger partial charge in [-0.2, -0.15) is 0 Å². The highest BCUT2D eigenvalue weighted by Gasteiger charge is 2.15. The average Bonchev–Trinajstić information content (AvgIpc) is 2.26. The SMILES string of the molecule is CNc1cc(OC)cc(OC)c1C(N)=O. The van der Waals surface area contributed by atoms with E-state index in [1.807, 2.05) is 0 Å². The first-order chi connectivity index (χ1) is 7.13. The Labute approximate surface area is 88.2 Å². The maximum Gasteiger partial charge on any atom is 0.254 e. The minimum atomic E-state index is -0.543. The minimum Gasteiger partial charge on any atom is -0.497 e. The molecule has 0 bridgehead atoms. The Balaban J connectivity index is 3.39. The molecule has 0 aliphatic heterocycles. The van der Waals surface area contributed by atoms with Gasteiger partial charge in [0.05, 0.1) is 19.9 Å². The Morgan fingerprint density at radius 1 is 1.33 bits per heavy atom. The molecule has 0 fully saturated rings. The standard InChI is InChI=1S/C10H14N2O3/c1-12-7-4-6(14-2)5-8(15-3)9(7)10(11)13/h4-5,12H,1-3H3,(H2,11,13). The van der Waals surface area contributed by atoms with Crippen molar-refractivity contribution in [2.45, 2.75) is 0 Å². The first-order valence-corrected chi connectivity index (χ1v) is 4.37. The van der Waals surface area contributed by atoms with Crippen LogP contribution in [0, 0.1) is 0 Å². The number of hydrogen-bond acceptors (Lipinski definition) is 4. The predicted octanol–water partition coefficient (Wildman–Crippen LogP) is 0.844. The first-order valence-electron chi connectivity index (χ1n) is 4.37. The van der Waals surface area contributed by atoms with E-state index in [-0.39, 0.29) is 0 Å². The number of ether oxygens (including phenoxy) is 2. The molecule has 1 amide bonds. The molecule has 0 aliphatic carbocycles. The monoisotopic (exact) mass is 210 g/mol. The Hall–Kier alpha value is -1.91. The number of benzene rings is 1. The highest BCUT2D eigenvalue weighted by Crippen LogP contribution is 2.31. The summed E-state index contributed by atoms with van der Waals surface area (Å²) in [6, 6.07) is 3.30. The zero-order chi connectivity index (χ0) is 11.4. The van der Waals surface area contributed by atoms with Gasteiger partial charge < -0.3 is 20.5 Å². The van der Waals surface area contributed by atoms with Crippen LogP contribution in [-0.4, -0.2) is 27.2 Å². The molecule has 1 aromatic carbocycles. The summed E-state index contributed by atoms with van der Waals surface area (Å²) in [6.07, 6.45) is 0. The average molecular weight is 210 g/mol. The topological polar surface area (TPSA) is 73.6 Å². The van der Waals surface area contributed by atoms with Crippen molar-refractivity contribution in [2.24, 2.45) is 5.73 Å². The van der Waals surface area contributed by atoms with Crippen LogP contribution in [0.2, 0.25) is 0 Å². The molecule has 0 spiro atoms. The summed E-state index contributed by atoms with van der Waals surface area (Å²) in [6.45, 7) is 0. The lowest BCUT2D eigenvalue weighted by atomic mass is 10.1. The van der Waals surface area contributed by atoms with E-state index >= 15 is 0 Å². The van der Waals surface area contributed by atoms with Crippen molar-refractivity contribution in [2.75, 3.05) is 26.6 Å². The van der Waals surface area contributed by atoms with Crippen molar-refractivity contribution < 1.29 is 14.3 Å². The number of rotatable bonds is 4. The normalized spacial score (nSPS) is 9.53. The lowest BCUT2D eigenvalue weighted by Crippen LogP contribution is -2.15. The molecule has 1 aromatic rings. The lowest BCUT2D eigenvalue weighted by molar-refractivity contribution is 0.0998. The summed E-state index contributed by atoms with van der Waals surface area (Å²) in [7, 11) is 4.71. The summed E-state index contributed by atoms with van der Waals surface area (Å²) >= 11 is 0. The predicted molar refractivity (Wildman–Crippen MR) is 57.6 cm³/mol. The van der Waals surface area contributed by atoms with Crippen LogP contribution in [0.15, 0.2) is 12.1 Å². The number of carbonyl (C=O) groups excluding carboxylic acids is 1. The van der Waals surface area contributed by atoms with Gasteiger partial charge >= 0.3 is 0 Å². The maximum absolute atomic E-state index is 11.2. The number of primary amides is 1. The smallest absolute Gasteiger partial charge is 0.254 e. The number of carbonyl (C=O) groups is 1. The van der Waals surface area contributed by atoms with Crippen LogP contribution in [0.5, 0.6) is 11.5 Å². The molecule has 0 atom stereocenters. The largest absolute Gasteiger partial charge is 0.497 e. The highest BCUT2D eigenvalue weighted by atomic mass is 16.5. The third-order valence-corrected chi connectivity index (χ3v) is 2.05. The molecule has 0 saturated carbocycles. The van der Waals surface area contributed by atoms with Crippen LogP contribution < -0.4 is 20.5 Å². The molecule has 1 rings (SSSR count). The van der Waals surface area contributed by atoms with Crippen molar-refractivity contribution in [3.63, 3.8) is 0 Å². The summed E-state index contributed by atoms with van der Waals surface area (Å²) in [5, 5.41) is 2.87. The molecule has 0 radical (unpaired) electrons. The molecule has 3 N–H and O–H groups in total. The molecule has 0 unspecified atom stereocenters. The van der Waals surface area contributed by atoms with Gasteiger partial charge in [0.1, 0.15) is 17.1 Å². The second kappa shape index (κ2) is 4.54. The first kappa shape index (κ1) is 11.2. The minimum absolute atomic E-state index is 0.320. The number of methoxy groups -OCH3 is 2. The van der Waals surface area contributed by atoms with Crippen molar-refractivity contribution in [3.05, 3.63) is 17.7 Å². The molecule has 0 aliphatic rings. The van der Waals surface area contributed by atoms with Crippen molar-refractivity contribution in [1.82, 2.24) is 0 Å². The summed E-state index contributed by atoms with van der Waals surface area (Å²) < 4.78 is 10.1. The van der Waals surface area contributed by atoms with E-state index in [2.05, 4.69) is 5.32 Å². The Kier molecular flexibility index (Phi) is 3.38. The van der Waals surface area contributed by atoms with Crippen LogP contribution in [0.1, 0.15) is 10.4 Å². The van der Waals surface area contributed by atoms with Gasteiger partial charge in [0.15, 0.2) is 0 Å². The molecular weight excluding hydrogens is 196 g/mol. The van der Waals surface area contributed by atoms with E-state index in [1.54, 1.807) is 19.2 Å². The summed E-state index contributed by atoms with van der Waals surface area (Å²) in [5.74, 6) is 0.450. The molecule has 15 heavy (non-hydrogen) atoms. The van der Waals surface area contributed by atoms with Crippen LogP contribution in [-0.2, 0) is 0 Å². The second-order valence-corrected chi connectivity index (χ2v) is 2.87. The van der Waals surface area contributed by atoms with Gasteiger partial charge in [0, 0.05) is 19.2 Å². The van der Waals surface area contributed by atoms with Crippen molar-refractivity contribution in [1.29, 1.82) is 0 Å². The van der Waals surface area contributed by atoms with Gasteiger partial charge in [-0.05, 0) is 0 Å². The number of nitrogens with two attached hydrogens (primary N) is 1. The zero-order valence-corrected chi connectivity index (χ0v) is 8.96. The summed E-state index contributed by atoms with van der Waals surface area (Å²) in [4.78, 5) is 11.2. The van der Waals surface area contributed by atoms with Gasteiger partial charge in [-0.15, -0.1) is 0 Å². The van der Waals surface area contributed by atoms with Gasteiger partial charge in [0.2, 0.25) is 0 Å². The molecule has 82 valence electrons. The quantitative estimate of drug-likeness (QED) is 0.772. The highest BCUT2D eigenvalue weighted by molar-refractivity contribution is 6.01. The molecular formula is C10H14N2O3. The van der Waals surface area contributed by atoms with E-state index < -0.39 is 5.91 Å². The molecule has 0 heterocycles. The van der Waals surface area contributed by atoms with Gasteiger partial charge in [-0.25, -0.2) is 0 Å². The number of amides is 1. The molecule has 5 heteroatoms. The van der Waals surface area contributed by atoms with Gasteiger partial charge in [-0.1, -0.05) is 0 Å². The fraction of sp³-hybridized carbons (Fsp3) is 0.300. The number of anilines is 1. The lowest BCUT2D eigenvalue weighted by Gasteiger charge is -2.13. The number of hydrogen-bond donors (Lipinski definition) is 2. The Bertz CT molecular complexity index is 352. The van der Waals surface area contributed by atoms with Crippen LogP contribution in [0.25, 0.3) is 0 Å². The number of nitrogens with one attached hydrogen (secondary N) is 1. The van der Waals surface area contributed by atoms with Crippen molar-refractivity contribution in [3.8, 4) is 11.5 Å². The van der Waals surface area contributed by atoms with Gasteiger partial charge in [0.25, 0.3) is 5.91 Å². The van der Waals surface area contributed by atoms with Gasteiger partial charge in [-0.3, -0.25) is 4.79 Å². The third kappa shape index (κ3) is 2.12. The fourth-order valence-electron chi connectivity index (χ4n) is 1.32. The van der Waals surface area contributed by atoms with E-state index in [4.69, 9.17) is 15.2 Å². The van der Waals surface area contributed by atoms with Crippen LogP contribution in [0.3, 0.4) is 0 Å². The fourth-order valence-corrected chi connectivity index (χ4v) is 1.32. The van der Waals surface area contributed by atoms with Crippen LogP contribution in [0.4, 0.5) is 5.69 Å². The zero-order valence-electron chi connectivity index (χ0n) is 8.96. The second-order valence-electron chi connectivity index (χ2n) is 2.87. The van der Waals surface area contributed by atoms with E-state index in [0.29, 0.717) is 22.7 Å².